The number of nitrogens with zero attached hydrogens (tertiary/aromatic N) is 2. The van der Waals surface area contributed by atoms with Crippen molar-refractivity contribution in [3.8, 4) is 11.3 Å². The van der Waals surface area contributed by atoms with Crippen LogP contribution in [-0.4, -0.2) is 56.2 Å². The number of carbonyl (C=O) groups excluding carboxylic acids is 1. The van der Waals surface area contributed by atoms with Crippen LogP contribution in [0.5, 0.6) is 0 Å². The molecule has 6 nitrogen and oxygen atoms in total. The average molecular weight is 370 g/mol. The summed E-state index contributed by atoms with van der Waals surface area (Å²) in [7, 11) is 4.02. The van der Waals surface area contributed by atoms with Crippen LogP contribution in [0, 0.1) is 11.8 Å². The Morgan fingerprint density at radius 3 is 2.89 bits per heavy atom. The molecular formula is C21H30N4O2. The third-order valence-electron chi connectivity index (χ3n) is 5.18. The molecule has 0 bridgehead atoms. The normalized spacial score (nSPS) is 20.0. The molecule has 27 heavy (non-hydrogen) atoms. The summed E-state index contributed by atoms with van der Waals surface area (Å²) in [6.45, 7) is 3.46. The van der Waals surface area contributed by atoms with Gasteiger partial charge in [0.15, 0.2) is 5.76 Å². The van der Waals surface area contributed by atoms with Crippen LogP contribution in [-0.2, 0) is 11.2 Å². The first-order valence-electron chi connectivity index (χ1n) is 9.75. The predicted octanol–water partition coefficient (Wildman–Crippen LogP) is 2.18. The molecule has 0 radical (unpaired) electrons. The molecule has 0 aliphatic carbocycles. The molecule has 1 amide bonds. The van der Waals surface area contributed by atoms with Gasteiger partial charge in [0.2, 0.25) is 5.91 Å². The van der Waals surface area contributed by atoms with E-state index in [1.54, 1.807) is 0 Å². The molecule has 6 heteroatoms. The van der Waals surface area contributed by atoms with Crippen LogP contribution >= 0.6 is 0 Å². The summed E-state index contributed by atoms with van der Waals surface area (Å²) in [5, 5.41) is 10.8. The predicted molar refractivity (Wildman–Crippen MR) is 106 cm³/mol. The third kappa shape index (κ3) is 5.91. The Kier molecular flexibility index (Phi) is 7.01. The monoisotopic (exact) mass is 370 g/mol. The minimum atomic E-state index is 0.152. The Balaban J connectivity index is 1.56. The van der Waals surface area contributed by atoms with E-state index in [0.29, 0.717) is 24.8 Å². The highest BCUT2D eigenvalue weighted by Crippen LogP contribution is 2.27. The molecule has 1 saturated heterocycles. The lowest BCUT2D eigenvalue weighted by atomic mass is 9.81. The van der Waals surface area contributed by atoms with Crippen molar-refractivity contribution in [3.63, 3.8) is 0 Å². The molecule has 3 rings (SSSR count). The molecule has 2 atom stereocenters. The second kappa shape index (κ2) is 9.67. The van der Waals surface area contributed by atoms with Gasteiger partial charge in [0.05, 0.1) is 5.69 Å². The maximum absolute atomic E-state index is 12.3. The molecule has 0 saturated carbocycles. The zero-order valence-electron chi connectivity index (χ0n) is 16.3. The SMILES string of the molecule is CN(C)CCNC(=O)CC1CCNCC1Cc1cc(-c2ccccc2)on1. The average Bonchev–Trinajstić information content (AvgIpc) is 3.12. The van der Waals surface area contributed by atoms with Crippen molar-refractivity contribution in [1.82, 2.24) is 20.7 Å². The fourth-order valence-electron chi connectivity index (χ4n) is 3.63. The molecule has 1 aliphatic heterocycles. The summed E-state index contributed by atoms with van der Waals surface area (Å²) < 4.78 is 5.53. The Hall–Kier alpha value is -2.18. The standard InChI is InChI=1S/C21H30N4O2/c1-25(2)11-10-23-21(26)13-17-8-9-22-15-18(17)12-19-14-20(27-24-19)16-6-4-3-5-7-16/h3-7,14,17-18,22H,8-13,15H2,1-2H3,(H,23,26). The van der Waals surface area contributed by atoms with Crippen LogP contribution < -0.4 is 10.6 Å². The Bertz CT molecular complexity index is 714. The first kappa shape index (κ1) is 19.6. The fraction of sp³-hybridized carbons (Fsp3) is 0.524. The first-order valence-corrected chi connectivity index (χ1v) is 9.75. The minimum Gasteiger partial charge on any atom is -0.356 e. The van der Waals surface area contributed by atoms with Gasteiger partial charge in [-0.3, -0.25) is 4.79 Å². The van der Waals surface area contributed by atoms with Gasteiger partial charge < -0.3 is 20.1 Å². The number of amides is 1. The lowest BCUT2D eigenvalue weighted by Crippen LogP contribution is -2.41. The number of nitrogens with one attached hydrogen (secondary N) is 2. The summed E-state index contributed by atoms with van der Waals surface area (Å²) in [6, 6.07) is 12.0. The van der Waals surface area contributed by atoms with E-state index in [0.717, 1.165) is 49.5 Å². The quantitative estimate of drug-likeness (QED) is 0.745. The molecule has 1 fully saturated rings. The van der Waals surface area contributed by atoms with Gasteiger partial charge in [-0.1, -0.05) is 35.5 Å². The van der Waals surface area contributed by atoms with Crippen molar-refractivity contribution in [2.24, 2.45) is 11.8 Å². The molecular weight excluding hydrogens is 340 g/mol. The van der Waals surface area contributed by atoms with Crippen LogP contribution in [0.2, 0.25) is 0 Å². The smallest absolute Gasteiger partial charge is 0.220 e. The van der Waals surface area contributed by atoms with E-state index in [9.17, 15) is 4.79 Å². The van der Waals surface area contributed by atoms with Gasteiger partial charge in [0.25, 0.3) is 0 Å². The van der Waals surface area contributed by atoms with E-state index in [1.165, 1.54) is 0 Å². The fourth-order valence-corrected chi connectivity index (χ4v) is 3.63. The van der Waals surface area contributed by atoms with Gasteiger partial charge in [-0.05, 0) is 51.9 Å². The van der Waals surface area contributed by atoms with Gasteiger partial charge in [-0.15, -0.1) is 0 Å². The van der Waals surface area contributed by atoms with Gasteiger partial charge in [-0.2, -0.15) is 0 Å². The second-order valence-corrected chi connectivity index (χ2v) is 7.62. The van der Waals surface area contributed by atoms with Crippen LogP contribution in [0.1, 0.15) is 18.5 Å². The molecule has 146 valence electrons. The van der Waals surface area contributed by atoms with E-state index in [1.807, 2.05) is 50.5 Å². The van der Waals surface area contributed by atoms with Gasteiger partial charge in [0, 0.05) is 31.1 Å². The zero-order chi connectivity index (χ0) is 19.1. The summed E-state index contributed by atoms with van der Waals surface area (Å²) in [6.07, 6.45) is 2.44. The maximum Gasteiger partial charge on any atom is 0.220 e. The number of benzene rings is 1. The second-order valence-electron chi connectivity index (χ2n) is 7.62. The zero-order valence-corrected chi connectivity index (χ0v) is 16.3. The lowest BCUT2D eigenvalue weighted by molar-refractivity contribution is -0.122. The summed E-state index contributed by atoms with van der Waals surface area (Å²) >= 11 is 0. The number of piperidine rings is 1. The highest BCUT2D eigenvalue weighted by Gasteiger charge is 2.28. The topological polar surface area (TPSA) is 70.4 Å². The molecule has 2 unspecified atom stereocenters. The van der Waals surface area contributed by atoms with Crippen LogP contribution in [0.25, 0.3) is 11.3 Å². The number of hydrogen-bond acceptors (Lipinski definition) is 5. The lowest BCUT2D eigenvalue weighted by Gasteiger charge is -2.31. The van der Waals surface area contributed by atoms with Crippen molar-refractivity contribution >= 4 is 5.91 Å². The molecule has 1 aromatic heterocycles. The molecule has 2 heterocycles. The number of carbonyl (C=O) groups is 1. The number of likely N-dealkylation sites (N-methyl/N-ethyl adjacent to an activating group) is 1. The molecule has 1 aliphatic rings. The van der Waals surface area contributed by atoms with Crippen LogP contribution in [0.3, 0.4) is 0 Å². The maximum atomic E-state index is 12.3. The summed E-state index contributed by atoms with van der Waals surface area (Å²) in [4.78, 5) is 14.4. The largest absolute Gasteiger partial charge is 0.356 e. The number of aromatic nitrogens is 1. The van der Waals surface area contributed by atoms with Crippen molar-refractivity contribution in [2.45, 2.75) is 19.3 Å². The van der Waals surface area contributed by atoms with Crippen molar-refractivity contribution in [3.05, 3.63) is 42.1 Å². The van der Waals surface area contributed by atoms with E-state index >= 15 is 0 Å². The van der Waals surface area contributed by atoms with Crippen molar-refractivity contribution in [1.29, 1.82) is 0 Å². The van der Waals surface area contributed by atoms with Gasteiger partial charge >= 0.3 is 0 Å². The Labute approximate surface area is 161 Å². The van der Waals surface area contributed by atoms with Crippen LogP contribution in [0.4, 0.5) is 0 Å². The van der Waals surface area contributed by atoms with Gasteiger partial charge in [0.1, 0.15) is 0 Å². The van der Waals surface area contributed by atoms with Crippen LogP contribution in [0.15, 0.2) is 40.9 Å². The van der Waals surface area contributed by atoms with E-state index in [2.05, 4.69) is 20.7 Å². The minimum absolute atomic E-state index is 0.152. The first-order chi connectivity index (χ1) is 13.1. The van der Waals surface area contributed by atoms with Gasteiger partial charge in [-0.25, -0.2) is 0 Å². The highest BCUT2D eigenvalue weighted by atomic mass is 16.5. The Morgan fingerprint density at radius 2 is 2.11 bits per heavy atom. The number of rotatable bonds is 8. The van der Waals surface area contributed by atoms with Crippen molar-refractivity contribution < 1.29 is 9.32 Å². The van der Waals surface area contributed by atoms with E-state index < -0.39 is 0 Å². The molecule has 2 N–H and O–H groups in total. The van der Waals surface area contributed by atoms with E-state index in [4.69, 9.17) is 4.52 Å². The van der Waals surface area contributed by atoms with Crippen molar-refractivity contribution in [2.75, 3.05) is 40.3 Å². The van der Waals surface area contributed by atoms with E-state index in [-0.39, 0.29) is 5.91 Å². The number of hydrogen-bond donors (Lipinski definition) is 2. The molecule has 1 aromatic carbocycles. The third-order valence-corrected chi connectivity index (χ3v) is 5.18. The highest BCUT2D eigenvalue weighted by molar-refractivity contribution is 5.76. The molecule has 0 spiro atoms. The summed E-state index contributed by atoms with van der Waals surface area (Å²) in [5.41, 5.74) is 2.00. The molecule has 2 aromatic rings. The Morgan fingerprint density at radius 1 is 1.30 bits per heavy atom. The summed E-state index contributed by atoms with van der Waals surface area (Å²) in [5.74, 6) is 1.72.